The average molecular weight is 320 g/mol. The van der Waals surface area contributed by atoms with Crippen molar-refractivity contribution >= 4 is 16.8 Å². The molecule has 24 heavy (non-hydrogen) atoms. The Morgan fingerprint density at radius 3 is 2.62 bits per heavy atom. The Kier molecular flexibility index (Phi) is 4.75. The fourth-order valence-electron chi connectivity index (χ4n) is 2.53. The molecule has 122 valence electrons. The molecular weight excluding hydrogens is 300 g/mol. The zero-order chi connectivity index (χ0) is 16.9. The largest absolute Gasteiger partial charge is 0.481 e. The molecule has 0 saturated carbocycles. The summed E-state index contributed by atoms with van der Waals surface area (Å²) in [6.45, 7) is 2.50. The van der Waals surface area contributed by atoms with Crippen LogP contribution in [0.15, 0.2) is 60.7 Å². The van der Waals surface area contributed by atoms with Crippen molar-refractivity contribution in [3.05, 3.63) is 71.9 Å². The number of nitrogens with zero attached hydrogens (tertiary/aromatic N) is 2. The highest BCUT2D eigenvalue weighted by molar-refractivity contribution is 5.85. The van der Waals surface area contributed by atoms with Gasteiger partial charge in [-0.2, -0.15) is 0 Å². The number of pyridine rings is 1. The van der Waals surface area contributed by atoms with E-state index in [1.807, 2.05) is 67.6 Å². The summed E-state index contributed by atoms with van der Waals surface area (Å²) in [5.74, 6) is 0.571. The van der Waals surface area contributed by atoms with Crippen molar-refractivity contribution in [2.75, 3.05) is 13.7 Å². The molecule has 0 radical (unpaired) electrons. The van der Waals surface area contributed by atoms with Crippen LogP contribution in [0, 0.1) is 6.92 Å². The van der Waals surface area contributed by atoms with Crippen molar-refractivity contribution < 1.29 is 9.53 Å². The summed E-state index contributed by atoms with van der Waals surface area (Å²) in [6, 6.07) is 19.6. The maximum absolute atomic E-state index is 12.3. The summed E-state index contributed by atoms with van der Waals surface area (Å²) in [6.07, 6.45) is 0. The van der Waals surface area contributed by atoms with E-state index in [0.29, 0.717) is 12.3 Å². The molecule has 0 aliphatic rings. The number of carbonyl (C=O) groups is 1. The van der Waals surface area contributed by atoms with E-state index in [9.17, 15) is 4.79 Å². The van der Waals surface area contributed by atoms with Crippen molar-refractivity contribution in [2.45, 2.75) is 13.5 Å². The van der Waals surface area contributed by atoms with Crippen LogP contribution in [0.5, 0.6) is 5.75 Å². The number of fused-ring (bicyclic) bond motifs is 1. The number of benzene rings is 2. The third-order valence-corrected chi connectivity index (χ3v) is 3.86. The minimum atomic E-state index is -0.0662. The lowest BCUT2D eigenvalue weighted by Crippen LogP contribution is -2.30. The van der Waals surface area contributed by atoms with E-state index < -0.39 is 0 Å². The molecule has 0 fully saturated rings. The smallest absolute Gasteiger partial charge is 0.260 e. The Hall–Kier alpha value is -2.88. The van der Waals surface area contributed by atoms with E-state index in [2.05, 4.69) is 4.98 Å². The number of hydrogen-bond acceptors (Lipinski definition) is 3. The Morgan fingerprint density at radius 2 is 1.83 bits per heavy atom. The van der Waals surface area contributed by atoms with E-state index in [0.717, 1.165) is 22.2 Å². The third-order valence-electron chi connectivity index (χ3n) is 3.86. The summed E-state index contributed by atoms with van der Waals surface area (Å²) in [7, 11) is 1.78. The van der Waals surface area contributed by atoms with Crippen LogP contribution in [0.25, 0.3) is 10.9 Å². The SMILES string of the molecule is Cc1ccc2cccc(OCC(=O)N(C)Cc3ccccc3)c2n1. The standard InChI is InChI=1S/C20H20N2O2/c1-15-11-12-17-9-6-10-18(20(17)21-15)24-14-19(23)22(2)13-16-7-4-3-5-8-16/h3-12H,13-14H2,1-2H3. The van der Waals surface area contributed by atoms with Crippen molar-refractivity contribution in [1.29, 1.82) is 0 Å². The molecule has 0 atom stereocenters. The van der Waals surface area contributed by atoms with E-state index in [1.165, 1.54) is 0 Å². The molecule has 4 heteroatoms. The molecule has 1 heterocycles. The van der Waals surface area contributed by atoms with Crippen molar-refractivity contribution in [2.24, 2.45) is 0 Å². The maximum atomic E-state index is 12.3. The Labute approximate surface area is 141 Å². The number of carbonyl (C=O) groups excluding carboxylic acids is 1. The normalized spacial score (nSPS) is 10.6. The first-order chi connectivity index (χ1) is 11.6. The van der Waals surface area contributed by atoms with Crippen molar-refractivity contribution in [1.82, 2.24) is 9.88 Å². The first-order valence-corrected chi connectivity index (χ1v) is 7.90. The van der Waals surface area contributed by atoms with Gasteiger partial charge in [0.2, 0.25) is 0 Å². The highest BCUT2D eigenvalue weighted by Gasteiger charge is 2.11. The van der Waals surface area contributed by atoms with Gasteiger partial charge in [0.1, 0.15) is 11.3 Å². The molecule has 4 nitrogen and oxygen atoms in total. The van der Waals surface area contributed by atoms with Gasteiger partial charge in [0.15, 0.2) is 6.61 Å². The average Bonchev–Trinajstić information content (AvgIpc) is 2.60. The van der Waals surface area contributed by atoms with Crippen LogP contribution in [0.4, 0.5) is 0 Å². The molecule has 0 unspecified atom stereocenters. The minimum absolute atomic E-state index is 0.00192. The number of para-hydroxylation sites is 1. The van der Waals surface area contributed by atoms with Gasteiger partial charge in [0.25, 0.3) is 5.91 Å². The van der Waals surface area contributed by atoms with Crippen molar-refractivity contribution in [3.8, 4) is 5.75 Å². The van der Waals surface area contributed by atoms with Crippen molar-refractivity contribution in [3.63, 3.8) is 0 Å². The molecule has 0 saturated heterocycles. The fourth-order valence-corrected chi connectivity index (χ4v) is 2.53. The van der Waals surface area contributed by atoms with Crippen LogP contribution in [-0.4, -0.2) is 29.4 Å². The lowest BCUT2D eigenvalue weighted by Gasteiger charge is -2.18. The van der Waals surface area contributed by atoms with Gasteiger partial charge in [0.05, 0.1) is 0 Å². The first-order valence-electron chi connectivity index (χ1n) is 7.90. The topological polar surface area (TPSA) is 42.4 Å². The van der Waals surface area contributed by atoms with Crippen LogP contribution < -0.4 is 4.74 Å². The molecule has 1 aromatic heterocycles. The zero-order valence-electron chi connectivity index (χ0n) is 13.9. The molecule has 0 spiro atoms. The number of ether oxygens (including phenoxy) is 1. The number of amides is 1. The van der Waals surface area contributed by atoms with Gasteiger partial charge in [-0.25, -0.2) is 4.98 Å². The van der Waals surface area contributed by atoms with Gasteiger partial charge in [-0.3, -0.25) is 4.79 Å². The highest BCUT2D eigenvalue weighted by atomic mass is 16.5. The molecule has 0 aliphatic heterocycles. The predicted octanol–water partition coefficient (Wildman–Crippen LogP) is 3.58. The van der Waals surface area contributed by atoms with Gasteiger partial charge in [0, 0.05) is 24.7 Å². The molecule has 3 rings (SSSR count). The van der Waals surface area contributed by atoms with Crippen LogP contribution in [0.3, 0.4) is 0 Å². The number of aromatic nitrogens is 1. The number of rotatable bonds is 5. The van der Waals surface area contributed by atoms with E-state index in [4.69, 9.17) is 4.74 Å². The summed E-state index contributed by atoms with van der Waals surface area (Å²) in [4.78, 5) is 18.5. The van der Waals surface area contributed by atoms with Crippen LogP contribution >= 0.6 is 0 Å². The Morgan fingerprint density at radius 1 is 1.04 bits per heavy atom. The zero-order valence-corrected chi connectivity index (χ0v) is 13.9. The molecule has 0 aliphatic carbocycles. The lowest BCUT2D eigenvalue weighted by atomic mass is 10.2. The number of aryl methyl sites for hydroxylation is 1. The van der Waals surface area contributed by atoms with Crippen LogP contribution in [0.2, 0.25) is 0 Å². The highest BCUT2D eigenvalue weighted by Crippen LogP contribution is 2.23. The quantitative estimate of drug-likeness (QED) is 0.721. The van der Waals surface area contributed by atoms with Gasteiger partial charge in [-0.1, -0.05) is 48.5 Å². The Bertz CT molecular complexity index is 847. The summed E-state index contributed by atoms with van der Waals surface area (Å²) in [5.41, 5.74) is 2.80. The molecule has 3 aromatic rings. The van der Waals surface area contributed by atoms with Gasteiger partial charge >= 0.3 is 0 Å². The predicted molar refractivity (Wildman–Crippen MR) is 94.9 cm³/mol. The minimum Gasteiger partial charge on any atom is -0.481 e. The lowest BCUT2D eigenvalue weighted by molar-refractivity contribution is -0.132. The van der Waals surface area contributed by atoms with Gasteiger partial charge in [-0.05, 0) is 24.6 Å². The van der Waals surface area contributed by atoms with Crippen LogP contribution in [0.1, 0.15) is 11.3 Å². The monoisotopic (exact) mass is 320 g/mol. The van der Waals surface area contributed by atoms with Gasteiger partial charge in [-0.15, -0.1) is 0 Å². The first kappa shape index (κ1) is 16.0. The van der Waals surface area contributed by atoms with E-state index in [-0.39, 0.29) is 12.5 Å². The number of hydrogen-bond donors (Lipinski definition) is 0. The third kappa shape index (κ3) is 3.71. The molecule has 2 aromatic carbocycles. The van der Waals surface area contributed by atoms with E-state index >= 15 is 0 Å². The van der Waals surface area contributed by atoms with E-state index in [1.54, 1.807) is 11.9 Å². The number of likely N-dealkylation sites (N-methyl/N-ethyl adjacent to an activating group) is 1. The second-order valence-electron chi connectivity index (χ2n) is 5.80. The molecule has 0 N–H and O–H groups in total. The fraction of sp³-hybridized carbons (Fsp3) is 0.200. The summed E-state index contributed by atoms with van der Waals surface area (Å²) >= 11 is 0. The molecule has 0 bridgehead atoms. The second kappa shape index (κ2) is 7.13. The second-order valence-corrected chi connectivity index (χ2v) is 5.80. The molecular formula is C20H20N2O2. The van der Waals surface area contributed by atoms with Crippen LogP contribution in [-0.2, 0) is 11.3 Å². The summed E-state index contributed by atoms with van der Waals surface area (Å²) in [5, 5.41) is 1.00. The Balaban J connectivity index is 1.67. The molecule has 1 amide bonds. The summed E-state index contributed by atoms with van der Waals surface area (Å²) < 4.78 is 5.74. The van der Waals surface area contributed by atoms with Gasteiger partial charge < -0.3 is 9.64 Å². The maximum Gasteiger partial charge on any atom is 0.260 e.